The van der Waals surface area contributed by atoms with Crippen LogP contribution in [-0.4, -0.2) is 46.6 Å². The molecule has 13 heteroatoms. The van der Waals surface area contributed by atoms with Crippen LogP contribution < -0.4 is 15.6 Å². The van der Waals surface area contributed by atoms with Gasteiger partial charge < -0.3 is 9.88 Å². The minimum atomic E-state index is -3.94. The van der Waals surface area contributed by atoms with Gasteiger partial charge in [0.05, 0.1) is 28.4 Å². The van der Waals surface area contributed by atoms with Crippen molar-refractivity contribution in [3.63, 3.8) is 0 Å². The topological polar surface area (TPSA) is 135 Å². The molecule has 0 aliphatic heterocycles. The molecule has 2 aromatic heterocycles. The summed E-state index contributed by atoms with van der Waals surface area (Å²) in [6.07, 6.45) is 8.89. The maximum Gasteiger partial charge on any atom is 0.269 e. The van der Waals surface area contributed by atoms with E-state index in [1.165, 1.54) is 24.5 Å². The number of nitrogens with one attached hydrogen (secondary N) is 3. The fourth-order valence-electron chi connectivity index (χ4n) is 4.35. The number of hydrazine groups is 1. The molecule has 196 valence electrons. The van der Waals surface area contributed by atoms with Gasteiger partial charge in [0, 0.05) is 42.8 Å². The Kier molecular flexibility index (Phi) is 8.20. The van der Waals surface area contributed by atoms with E-state index in [1.54, 1.807) is 36.3 Å². The lowest BCUT2D eigenvalue weighted by Crippen LogP contribution is -2.45. The first-order chi connectivity index (χ1) is 17.6. The molecule has 37 heavy (non-hydrogen) atoms. The number of hydrogen-bond donors (Lipinski definition) is 3. The van der Waals surface area contributed by atoms with E-state index in [-0.39, 0.29) is 28.6 Å². The standard InChI is InChI=1S/C24H26ClFN6O4S/c1-32-12-21(28-14-32)17-10-19(22(26)20(25)11-17)24(34)30-31-37(35,36)13-15-3-2-4-18(9-15)29-23(33)16-5-7-27-8-6-16/h5-8,10-12,14-15,18,31H,2-4,9,13H2,1H3,(H,29,33)(H,30,34). The highest BCUT2D eigenvalue weighted by Crippen LogP contribution is 2.28. The van der Waals surface area contributed by atoms with Crippen molar-refractivity contribution >= 4 is 33.4 Å². The van der Waals surface area contributed by atoms with Gasteiger partial charge in [-0.05, 0) is 49.4 Å². The van der Waals surface area contributed by atoms with Gasteiger partial charge in [-0.3, -0.25) is 20.0 Å². The van der Waals surface area contributed by atoms with E-state index in [4.69, 9.17) is 11.6 Å². The van der Waals surface area contributed by atoms with Crippen LogP contribution in [0.4, 0.5) is 4.39 Å². The van der Waals surface area contributed by atoms with E-state index in [0.717, 1.165) is 12.8 Å². The molecule has 1 fully saturated rings. The van der Waals surface area contributed by atoms with Crippen LogP contribution in [-0.2, 0) is 17.1 Å². The number of carbonyl (C=O) groups is 2. The van der Waals surface area contributed by atoms with Crippen LogP contribution in [0.3, 0.4) is 0 Å². The quantitative estimate of drug-likeness (QED) is 0.370. The van der Waals surface area contributed by atoms with Gasteiger partial charge in [-0.15, -0.1) is 4.83 Å². The molecule has 0 saturated heterocycles. The summed E-state index contributed by atoms with van der Waals surface area (Å²) in [7, 11) is -2.19. The van der Waals surface area contributed by atoms with E-state index < -0.39 is 27.3 Å². The molecule has 3 N–H and O–H groups in total. The molecule has 1 aromatic carbocycles. The van der Waals surface area contributed by atoms with Gasteiger partial charge in [0.1, 0.15) is 0 Å². The van der Waals surface area contributed by atoms with Crippen molar-refractivity contribution in [2.24, 2.45) is 13.0 Å². The van der Waals surface area contributed by atoms with Crippen molar-refractivity contribution in [3.8, 4) is 11.3 Å². The summed E-state index contributed by atoms with van der Waals surface area (Å²) in [5.41, 5.74) is 3.00. The zero-order chi connectivity index (χ0) is 26.6. The van der Waals surface area contributed by atoms with Gasteiger partial charge in [0.2, 0.25) is 10.0 Å². The average Bonchev–Trinajstić information content (AvgIpc) is 3.31. The lowest BCUT2D eigenvalue weighted by molar-refractivity contribution is 0.0917. The summed E-state index contributed by atoms with van der Waals surface area (Å²) in [6, 6.07) is 5.64. The highest BCUT2D eigenvalue weighted by atomic mass is 35.5. The number of benzene rings is 1. The Hall–Kier alpha value is -3.35. The number of imidazole rings is 1. The lowest BCUT2D eigenvalue weighted by atomic mass is 9.87. The van der Waals surface area contributed by atoms with Crippen LogP contribution in [0.2, 0.25) is 5.02 Å². The number of sulfonamides is 1. The second-order valence-electron chi connectivity index (χ2n) is 9.02. The van der Waals surface area contributed by atoms with Crippen LogP contribution in [0.1, 0.15) is 46.4 Å². The molecular weight excluding hydrogens is 523 g/mol. The fraction of sp³-hybridized carbons (Fsp3) is 0.333. The van der Waals surface area contributed by atoms with E-state index in [1.807, 2.05) is 4.83 Å². The number of aryl methyl sites for hydroxylation is 1. The van der Waals surface area contributed by atoms with Gasteiger partial charge in [-0.25, -0.2) is 17.8 Å². The summed E-state index contributed by atoms with van der Waals surface area (Å²) in [4.78, 5) is 35.2. The molecule has 2 atom stereocenters. The maximum absolute atomic E-state index is 14.6. The summed E-state index contributed by atoms with van der Waals surface area (Å²) in [5.74, 6) is -2.70. The first kappa shape index (κ1) is 26.7. The summed E-state index contributed by atoms with van der Waals surface area (Å²) in [5, 5.41) is 2.65. The Morgan fingerprint density at radius 1 is 1.19 bits per heavy atom. The largest absolute Gasteiger partial charge is 0.349 e. The maximum atomic E-state index is 14.6. The van der Waals surface area contributed by atoms with Crippen LogP contribution in [0.5, 0.6) is 0 Å². The number of pyridine rings is 1. The summed E-state index contributed by atoms with van der Waals surface area (Å²) >= 11 is 5.97. The van der Waals surface area contributed by atoms with Crippen molar-refractivity contribution in [2.45, 2.75) is 31.7 Å². The first-order valence-corrected chi connectivity index (χ1v) is 13.6. The molecule has 0 radical (unpaired) electrons. The highest BCUT2D eigenvalue weighted by molar-refractivity contribution is 7.89. The Morgan fingerprint density at radius 3 is 2.65 bits per heavy atom. The Morgan fingerprint density at radius 2 is 1.95 bits per heavy atom. The third-order valence-electron chi connectivity index (χ3n) is 6.11. The van der Waals surface area contributed by atoms with E-state index in [2.05, 4.69) is 20.7 Å². The number of nitrogens with zero attached hydrogens (tertiary/aromatic N) is 3. The predicted molar refractivity (Wildman–Crippen MR) is 135 cm³/mol. The number of aromatic nitrogens is 3. The second-order valence-corrected chi connectivity index (χ2v) is 11.2. The molecule has 2 unspecified atom stereocenters. The molecule has 3 aromatic rings. The average molecular weight is 549 g/mol. The van der Waals surface area contributed by atoms with Crippen molar-refractivity contribution < 1.29 is 22.4 Å². The minimum absolute atomic E-state index is 0.172. The van der Waals surface area contributed by atoms with Crippen molar-refractivity contribution in [1.29, 1.82) is 0 Å². The summed E-state index contributed by atoms with van der Waals surface area (Å²) < 4.78 is 41.6. The number of hydrogen-bond acceptors (Lipinski definition) is 6. The molecule has 2 heterocycles. The van der Waals surface area contributed by atoms with Crippen molar-refractivity contribution in [3.05, 3.63) is 71.2 Å². The third kappa shape index (κ3) is 6.90. The highest BCUT2D eigenvalue weighted by Gasteiger charge is 2.28. The third-order valence-corrected chi connectivity index (χ3v) is 7.71. The zero-order valence-electron chi connectivity index (χ0n) is 19.9. The second kappa shape index (κ2) is 11.4. The molecule has 1 saturated carbocycles. The van der Waals surface area contributed by atoms with Crippen LogP contribution in [0.15, 0.2) is 49.2 Å². The first-order valence-electron chi connectivity index (χ1n) is 11.6. The molecule has 2 amide bonds. The van der Waals surface area contributed by atoms with Crippen molar-refractivity contribution in [1.82, 2.24) is 30.1 Å². The van der Waals surface area contributed by atoms with Crippen LogP contribution in [0.25, 0.3) is 11.3 Å². The van der Waals surface area contributed by atoms with Gasteiger partial charge in [0.25, 0.3) is 11.8 Å². The van der Waals surface area contributed by atoms with Crippen LogP contribution >= 0.6 is 11.6 Å². The molecule has 1 aliphatic carbocycles. The number of amides is 2. The smallest absolute Gasteiger partial charge is 0.269 e. The SMILES string of the molecule is Cn1cnc(-c2cc(Cl)c(F)c(C(=O)NNS(=O)(=O)CC3CCCC(NC(=O)c4ccncc4)C3)c2)c1. The number of rotatable bonds is 8. The van der Waals surface area contributed by atoms with Gasteiger partial charge in [0.15, 0.2) is 5.82 Å². The molecule has 0 bridgehead atoms. The van der Waals surface area contributed by atoms with Gasteiger partial charge >= 0.3 is 0 Å². The molecule has 10 nitrogen and oxygen atoms in total. The lowest BCUT2D eigenvalue weighted by Gasteiger charge is -2.29. The minimum Gasteiger partial charge on any atom is -0.349 e. The Labute approximate surface area is 218 Å². The fourth-order valence-corrected chi connectivity index (χ4v) is 5.83. The Bertz CT molecular complexity index is 1400. The molecule has 1 aliphatic rings. The zero-order valence-corrected chi connectivity index (χ0v) is 21.5. The molecule has 0 spiro atoms. The normalized spacial score (nSPS) is 17.8. The van der Waals surface area contributed by atoms with E-state index >= 15 is 0 Å². The number of carbonyl (C=O) groups excluding carboxylic acids is 2. The predicted octanol–water partition coefficient (Wildman–Crippen LogP) is 2.83. The molecular formula is C24H26ClFN6O4S. The van der Waals surface area contributed by atoms with Gasteiger partial charge in [-0.1, -0.05) is 18.0 Å². The monoisotopic (exact) mass is 548 g/mol. The van der Waals surface area contributed by atoms with E-state index in [0.29, 0.717) is 29.7 Å². The van der Waals surface area contributed by atoms with Gasteiger partial charge in [-0.2, -0.15) is 0 Å². The number of halogens is 2. The molecule has 4 rings (SSSR count). The van der Waals surface area contributed by atoms with E-state index in [9.17, 15) is 22.4 Å². The summed E-state index contributed by atoms with van der Waals surface area (Å²) in [6.45, 7) is 0. The Balaban J connectivity index is 1.35. The van der Waals surface area contributed by atoms with Crippen LogP contribution in [0, 0.1) is 11.7 Å². The van der Waals surface area contributed by atoms with Crippen molar-refractivity contribution in [2.75, 3.05) is 5.75 Å².